The number of hydrogen-bond acceptors (Lipinski definition) is 7. The fraction of sp³-hybridized carbons (Fsp3) is 0.156. The zero-order valence-electron chi connectivity index (χ0n) is 23.6. The van der Waals surface area contributed by atoms with Crippen molar-refractivity contribution in [2.45, 2.75) is 13.5 Å². The Bertz CT molecular complexity index is 1630. The summed E-state index contributed by atoms with van der Waals surface area (Å²) >= 11 is 12.5. The molecule has 0 aliphatic heterocycles. The Morgan fingerprint density at radius 1 is 0.837 bits per heavy atom. The van der Waals surface area contributed by atoms with Crippen molar-refractivity contribution in [3.8, 4) is 23.0 Å². The molecule has 0 aliphatic rings. The van der Waals surface area contributed by atoms with E-state index >= 15 is 0 Å². The minimum absolute atomic E-state index is 0.184. The summed E-state index contributed by atoms with van der Waals surface area (Å²) in [6, 6.07) is 22.9. The number of nitrogens with zero attached hydrogens (tertiary/aromatic N) is 1. The van der Waals surface area contributed by atoms with E-state index < -0.39 is 11.8 Å². The SMILES string of the molecule is COc1cc(C(=O)N/N=C/c2cc(Cl)c(OCC(=O)Nc3ccc(C)c(Cl)c3)c(OC)c2)ccc1OCc1ccccc1. The van der Waals surface area contributed by atoms with E-state index in [1.54, 1.807) is 48.5 Å². The predicted octanol–water partition coefficient (Wildman–Crippen LogP) is 6.68. The Labute approximate surface area is 259 Å². The number of anilines is 1. The van der Waals surface area contributed by atoms with Gasteiger partial charge < -0.3 is 24.3 Å². The second-order valence-electron chi connectivity index (χ2n) is 9.17. The van der Waals surface area contributed by atoms with Crippen LogP contribution in [0.5, 0.6) is 23.0 Å². The third-order valence-corrected chi connectivity index (χ3v) is 6.79. The van der Waals surface area contributed by atoms with Crippen molar-refractivity contribution in [3.63, 3.8) is 0 Å². The maximum absolute atomic E-state index is 12.7. The number of rotatable bonds is 12. The van der Waals surface area contributed by atoms with Gasteiger partial charge in [0.15, 0.2) is 29.6 Å². The molecule has 0 radical (unpaired) electrons. The van der Waals surface area contributed by atoms with E-state index in [1.807, 2.05) is 37.3 Å². The molecule has 0 saturated carbocycles. The van der Waals surface area contributed by atoms with Crippen LogP contribution < -0.4 is 29.7 Å². The Hall–Kier alpha value is -4.73. The van der Waals surface area contributed by atoms with Gasteiger partial charge in [-0.15, -0.1) is 0 Å². The van der Waals surface area contributed by atoms with Gasteiger partial charge >= 0.3 is 0 Å². The van der Waals surface area contributed by atoms with Crippen molar-refractivity contribution in [3.05, 3.63) is 111 Å². The fourth-order valence-corrected chi connectivity index (χ4v) is 4.31. The number of carbonyl (C=O) groups is 2. The highest BCUT2D eigenvalue weighted by Gasteiger charge is 2.15. The highest BCUT2D eigenvalue weighted by atomic mass is 35.5. The molecular weight excluding hydrogens is 593 g/mol. The quantitative estimate of drug-likeness (QED) is 0.135. The van der Waals surface area contributed by atoms with Gasteiger partial charge in [0.2, 0.25) is 0 Å². The monoisotopic (exact) mass is 621 g/mol. The van der Waals surface area contributed by atoms with Crippen molar-refractivity contribution in [2.75, 3.05) is 26.1 Å². The Morgan fingerprint density at radius 3 is 2.33 bits per heavy atom. The summed E-state index contributed by atoms with van der Waals surface area (Å²) in [4.78, 5) is 25.1. The molecule has 0 saturated heterocycles. The first kappa shape index (κ1) is 31.2. The molecule has 9 nitrogen and oxygen atoms in total. The van der Waals surface area contributed by atoms with Crippen LogP contribution in [0.15, 0.2) is 84.0 Å². The minimum atomic E-state index is -0.456. The van der Waals surface area contributed by atoms with E-state index in [0.29, 0.717) is 39.9 Å². The Kier molecular flexibility index (Phi) is 10.9. The van der Waals surface area contributed by atoms with Gasteiger partial charge in [-0.3, -0.25) is 9.59 Å². The molecule has 0 heterocycles. The normalized spacial score (nSPS) is 10.7. The Morgan fingerprint density at radius 2 is 1.60 bits per heavy atom. The highest BCUT2D eigenvalue weighted by Crippen LogP contribution is 2.36. The molecule has 4 aromatic rings. The average Bonchev–Trinajstić information content (AvgIpc) is 3.01. The molecule has 0 fully saturated rings. The first-order chi connectivity index (χ1) is 20.8. The highest BCUT2D eigenvalue weighted by molar-refractivity contribution is 6.32. The number of hydrogen-bond donors (Lipinski definition) is 2. The lowest BCUT2D eigenvalue weighted by atomic mass is 10.2. The molecule has 4 rings (SSSR count). The number of carbonyl (C=O) groups excluding carboxylic acids is 2. The lowest BCUT2D eigenvalue weighted by Gasteiger charge is -2.13. The van der Waals surface area contributed by atoms with E-state index in [2.05, 4.69) is 15.8 Å². The zero-order chi connectivity index (χ0) is 30.8. The molecule has 0 spiro atoms. The number of nitrogens with one attached hydrogen (secondary N) is 2. The van der Waals surface area contributed by atoms with Crippen LogP contribution in [0.4, 0.5) is 5.69 Å². The molecule has 0 atom stereocenters. The topological polar surface area (TPSA) is 107 Å². The van der Waals surface area contributed by atoms with Crippen molar-refractivity contribution in [1.82, 2.24) is 5.43 Å². The van der Waals surface area contributed by atoms with Gasteiger partial charge in [-0.1, -0.05) is 59.6 Å². The van der Waals surface area contributed by atoms with Gasteiger partial charge in [0.1, 0.15) is 6.61 Å². The van der Waals surface area contributed by atoms with Crippen molar-refractivity contribution in [1.29, 1.82) is 0 Å². The fourth-order valence-electron chi connectivity index (χ4n) is 3.85. The van der Waals surface area contributed by atoms with Crippen LogP contribution in [0.25, 0.3) is 0 Å². The molecule has 11 heteroatoms. The third-order valence-electron chi connectivity index (χ3n) is 6.10. The van der Waals surface area contributed by atoms with E-state index in [4.69, 9.17) is 42.1 Å². The number of hydrazone groups is 1. The number of amides is 2. The lowest BCUT2D eigenvalue weighted by molar-refractivity contribution is -0.118. The van der Waals surface area contributed by atoms with Crippen LogP contribution in [-0.2, 0) is 11.4 Å². The number of ether oxygens (including phenoxy) is 4. The van der Waals surface area contributed by atoms with E-state index in [9.17, 15) is 9.59 Å². The summed E-state index contributed by atoms with van der Waals surface area (Å²) in [7, 11) is 2.94. The van der Waals surface area contributed by atoms with Crippen molar-refractivity contribution >= 4 is 46.9 Å². The Balaban J connectivity index is 1.35. The maximum atomic E-state index is 12.7. The molecule has 0 aliphatic carbocycles. The van der Waals surface area contributed by atoms with Gasteiger partial charge in [-0.25, -0.2) is 5.43 Å². The summed E-state index contributed by atoms with van der Waals surface area (Å²) in [6.45, 7) is 1.91. The van der Waals surface area contributed by atoms with Gasteiger partial charge in [0, 0.05) is 16.3 Å². The third kappa shape index (κ3) is 8.64. The standard InChI is InChI=1S/C32H29Cl2N3O6/c1-20-9-11-24(16-25(20)33)36-30(38)19-43-31-26(34)13-22(14-29(31)41-3)17-35-37-32(39)23-10-12-27(28(15-23)40-2)42-18-21-7-5-4-6-8-21/h4-17H,18-19H2,1-3H3,(H,36,38)(H,37,39)/b35-17+. The summed E-state index contributed by atoms with van der Waals surface area (Å²) in [5.41, 5.74) is 5.77. The van der Waals surface area contributed by atoms with Crippen LogP contribution >= 0.6 is 23.2 Å². The van der Waals surface area contributed by atoms with E-state index in [0.717, 1.165) is 11.1 Å². The molecule has 43 heavy (non-hydrogen) atoms. The number of halogens is 2. The molecule has 0 aromatic heterocycles. The molecular formula is C32H29Cl2N3O6. The number of benzene rings is 4. The molecule has 222 valence electrons. The van der Waals surface area contributed by atoms with Crippen LogP contribution in [0.2, 0.25) is 10.0 Å². The lowest BCUT2D eigenvalue weighted by Crippen LogP contribution is -2.20. The first-order valence-electron chi connectivity index (χ1n) is 13.0. The van der Waals surface area contributed by atoms with Crippen LogP contribution in [0.3, 0.4) is 0 Å². The smallest absolute Gasteiger partial charge is 0.271 e. The largest absolute Gasteiger partial charge is 0.493 e. The van der Waals surface area contributed by atoms with Gasteiger partial charge in [-0.05, 0) is 66.1 Å². The molecule has 2 amide bonds. The van der Waals surface area contributed by atoms with E-state index in [1.165, 1.54) is 20.4 Å². The summed E-state index contributed by atoms with van der Waals surface area (Å²) < 4.78 is 22.3. The van der Waals surface area contributed by atoms with Gasteiger partial charge in [0.25, 0.3) is 11.8 Å². The zero-order valence-corrected chi connectivity index (χ0v) is 25.2. The summed E-state index contributed by atoms with van der Waals surface area (Å²) in [6.07, 6.45) is 1.40. The van der Waals surface area contributed by atoms with Crippen LogP contribution in [0.1, 0.15) is 27.0 Å². The van der Waals surface area contributed by atoms with Gasteiger partial charge in [-0.2, -0.15) is 5.10 Å². The van der Waals surface area contributed by atoms with Crippen molar-refractivity contribution < 1.29 is 28.5 Å². The first-order valence-corrected chi connectivity index (χ1v) is 13.8. The molecule has 2 N–H and O–H groups in total. The van der Waals surface area contributed by atoms with Crippen LogP contribution in [0, 0.1) is 6.92 Å². The van der Waals surface area contributed by atoms with Crippen LogP contribution in [-0.4, -0.2) is 38.9 Å². The number of methoxy groups -OCH3 is 2. The second-order valence-corrected chi connectivity index (χ2v) is 9.99. The molecule has 0 bridgehead atoms. The van der Waals surface area contributed by atoms with Gasteiger partial charge in [0.05, 0.1) is 25.5 Å². The molecule has 0 unspecified atom stereocenters. The summed E-state index contributed by atoms with van der Waals surface area (Å²) in [5.74, 6) is 0.525. The van der Waals surface area contributed by atoms with E-state index in [-0.39, 0.29) is 23.1 Å². The minimum Gasteiger partial charge on any atom is -0.493 e. The average molecular weight is 623 g/mol. The maximum Gasteiger partial charge on any atom is 0.271 e. The number of aryl methyl sites for hydroxylation is 1. The summed E-state index contributed by atoms with van der Waals surface area (Å²) in [5, 5.41) is 7.47. The predicted molar refractivity (Wildman–Crippen MR) is 167 cm³/mol. The molecule has 4 aromatic carbocycles. The van der Waals surface area contributed by atoms with Crippen molar-refractivity contribution in [2.24, 2.45) is 5.10 Å². The second kappa shape index (κ2) is 14.9.